The van der Waals surface area contributed by atoms with E-state index in [1.54, 1.807) is 7.11 Å². The molecule has 1 unspecified atom stereocenters. The van der Waals surface area contributed by atoms with E-state index in [1.807, 2.05) is 36.4 Å². The minimum absolute atomic E-state index is 0.236. The summed E-state index contributed by atoms with van der Waals surface area (Å²) in [5, 5.41) is 9.22. The number of hydrogen-bond acceptors (Lipinski definition) is 6. The van der Waals surface area contributed by atoms with Crippen molar-refractivity contribution in [3.05, 3.63) is 60.9 Å². The van der Waals surface area contributed by atoms with Gasteiger partial charge in [-0.15, -0.1) is 16.0 Å². The summed E-state index contributed by atoms with van der Waals surface area (Å²) in [6.45, 7) is 8.81. The van der Waals surface area contributed by atoms with Crippen LogP contribution in [0.4, 0.5) is 16.5 Å². The van der Waals surface area contributed by atoms with E-state index in [9.17, 15) is 0 Å². The zero-order valence-corrected chi connectivity index (χ0v) is 16.5. The molecule has 138 valence electrons. The molecule has 1 aromatic heterocycles. The van der Waals surface area contributed by atoms with Crippen molar-refractivity contribution < 1.29 is 4.74 Å². The molecular weight excluding hydrogens is 356 g/mol. The van der Waals surface area contributed by atoms with Gasteiger partial charge >= 0.3 is 0 Å². The van der Waals surface area contributed by atoms with Gasteiger partial charge in [0.15, 0.2) is 0 Å². The van der Waals surface area contributed by atoms with Gasteiger partial charge in [0, 0.05) is 12.2 Å². The van der Waals surface area contributed by atoms with E-state index in [0.717, 1.165) is 33.9 Å². The summed E-state index contributed by atoms with van der Waals surface area (Å²) < 4.78 is 6.27. The summed E-state index contributed by atoms with van der Waals surface area (Å²) >= 11 is 1.49. The topological polar surface area (TPSA) is 50.1 Å². The van der Waals surface area contributed by atoms with Crippen LogP contribution in [-0.2, 0) is 0 Å². The molecule has 1 atom stereocenters. The molecular formula is C21H22N4OS. The molecule has 27 heavy (non-hydrogen) atoms. The van der Waals surface area contributed by atoms with Crippen LogP contribution < -0.4 is 9.64 Å². The van der Waals surface area contributed by atoms with Gasteiger partial charge in [-0.05, 0) is 62.4 Å². The summed E-state index contributed by atoms with van der Waals surface area (Å²) in [6, 6.07) is 14.0. The monoisotopic (exact) mass is 378 g/mol. The molecule has 2 aromatic carbocycles. The van der Waals surface area contributed by atoms with Crippen molar-refractivity contribution in [2.75, 3.05) is 18.6 Å². The Kier molecular flexibility index (Phi) is 6.01. The third kappa shape index (κ3) is 4.42. The summed E-state index contributed by atoms with van der Waals surface area (Å²) in [5.41, 5.74) is 5.67. The predicted molar refractivity (Wildman–Crippen MR) is 113 cm³/mol. The van der Waals surface area contributed by atoms with E-state index in [1.165, 1.54) is 11.3 Å². The Morgan fingerprint density at radius 1 is 1.26 bits per heavy atom. The fourth-order valence-electron chi connectivity index (χ4n) is 2.84. The molecule has 0 amide bonds. The summed E-state index contributed by atoms with van der Waals surface area (Å²) in [6.07, 6.45) is 1.96. The number of hydrogen-bond donors (Lipinski definition) is 0. The average molecular weight is 379 g/mol. The van der Waals surface area contributed by atoms with Gasteiger partial charge in [-0.25, -0.2) is 4.98 Å². The van der Waals surface area contributed by atoms with Crippen molar-refractivity contribution in [3.8, 4) is 5.75 Å². The molecule has 0 bridgehead atoms. The lowest BCUT2D eigenvalue weighted by Gasteiger charge is -2.27. The molecule has 5 nitrogen and oxygen atoms in total. The maximum Gasteiger partial charge on any atom is 0.231 e. The molecule has 3 aromatic rings. The first kappa shape index (κ1) is 18.8. The number of nitrogens with zero attached hydrogens (tertiary/aromatic N) is 4. The Labute approximate surface area is 163 Å². The van der Waals surface area contributed by atoms with Gasteiger partial charge in [-0.2, -0.15) is 0 Å². The molecule has 0 saturated carbocycles. The largest absolute Gasteiger partial charge is 0.497 e. The Hall–Kier alpha value is -2.95. The first-order valence-corrected chi connectivity index (χ1v) is 9.55. The highest BCUT2D eigenvalue weighted by molar-refractivity contribution is 7.21. The van der Waals surface area contributed by atoms with Gasteiger partial charge in [0.1, 0.15) is 5.75 Å². The molecule has 0 N–H and O–H groups in total. The van der Waals surface area contributed by atoms with E-state index in [0.29, 0.717) is 5.13 Å². The van der Waals surface area contributed by atoms with Crippen molar-refractivity contribution in [1.82, 2.24) is 4.98 Å². The summed E-state index contributed by atoms with van der Waals surface area (Å²) in [5.74, 6) is 0.811. The Morgan fingerprint density at radius 2 is 2.04 bits per heavy atom. The van der Waals surface area contributed by atoms with Crippen molar-refractivity contribution in [1.29, 1.82) is 0 Å². The van der Waals surface area contributed by atoms with Gasteiger partial charge in [0.25, 0.3) is 0 Å². The van der Waals surface area contributed by atoms with E-state index in [-0.39, 0.29) is 6.04 Å². The van der Waals surface area contributed by atoms with Crippen LogP contribution in [0.15, 0.2) is 71.1 Å². The number of benzene rings is 2. The van der Waals surface area contributed by atoms with Crippen molar-refractivity contribution in [2.45, 2.75) is 19.9 Å². The molecule has 0 spiro atoms. The van der Waals surface area contributed by atoms with Crippen LogP contribution in [0.5, 0.6) is 5.75 Å². The number of ether oxygens (including phenoxy) is 1. The van der Waals surface area contributed by atoms with Crippen LogP contribution >= 0.6 is 11.3 Å². The lowest BCUT2D eigenvalue weighted by Crippen LogP contribution is -2.31. The van der Waals surface area contributed by atoms with Gasteiger partial charge in [0.05, 0.1) is 29.1 Å². The average Bonchev–Trinajstić information content (AvgIpc) is 3.10. The highest BCUT2D eigenvalue weighted by Crippen LogP contribution is 2.32. The van der Waals surface area contributed by atoms with Gasteiger partial charge in [-0.1, -0.05) is 17.9 Å². The maximum atomic E-state index is 5.24. The fraction of sp³-hybridized carbons (Fsp3) is 0.238. The molecule has 0 aliphatic carbocycles. The number of methoxy groups -OCH3 is 1. The van der Waals surface area contributed by atoms with Crippen molar-refractivity contribution >= 4 is 38.1 Å². The second kappa shape index (κ2) is 8.62. The molecule has 6 heteroatoms. The molecule has 0 radical (unpaired) electrons. The lowest BCUT2D eigenvalue weighted by molar-refractivity contribution is 0.415. The van der Waals surface area contributed by atoms with Crippen LogP contribution in [0.1, 0.15) is 13.8 Å². The van der Waals surface area contributed by atoms with Crippen LogP contribution in [0.2, 0.25) is 0 Å². The Bertz CT molecular complexity index is 987. The molecule has 0 aliphatic heterocycles. The maximum absolute atomic E-state index is 5.24. The summed E-state index contributed by atoms with van der Waals surface area (Å²) in [4.78, 5) is 6.75. The van der Waals surface area contributed by atoms with Crippen LogP contribution in [0, 0.1) is 0 Å². The van der Waals surface area contributed by atoms with Crippen LogP contribution in [0.25, 0.3) is 10.2 Å². The lowest BCUT2D eigenvalue weighted by atomic mass is 10.2. The smallest absolute Gasteiger partial charge is 0.231 e. The number of likely N-dealkylation sites (N-methyl/N-ethyl adjacent to an activating group) is 1. The van der Waals surface area contributed by atoms with Gasteiger partial charge in [-0.3, -0.25) is 0 Å². The normalized spacial score (nSPS) is 12.1. The number of azo groups is 1. The number of thiazole rings is 1. The predicted octanol–water partition coefficient (Wildman–Crippen LogP) is 6.28. The number of anilines is 1. The zero-order chi connectivity index (χ0) is 19.2. The molecule has 0 aliphatic rings. The van der Waals surface area contributed by atoms with E-state index in [4.69, 9.17) is 4.74 Å². The van der Waals surface area contributed by atoms with E-state index >= 15 is 0 Å². The van der Waals surface area contributed by atoms with Crippen LogP contribution in [0.3, 0.4) is 0 Å². The highest BCUT2D eigenvalue weighted by atomic mass is 32.1. The van der Waals surface area contributed by atoms with E-state index < -0.39 is 0 Å². The quantitative estimate of drug-likeness (QED) is 0.359. The summed E-state index contributed by atoms with van der Waals surface area (Å²) in [7, 11) is 1.65. The minimum atomic E-state index is 0.236. The molecule has 0 fully saturated rings. The number of aromatic nitrogens is 1. The first-order chi connectivity index (χ1) is 13.1. The third-order valence-corrected chi connectivity index (χ3v) is 5.11. The minimum Gasteiger partial charge on any atom is -0.497 e. The first-order valence-electron chi connectivity index (χ1n) is 8.73. The molecule has 0 saturated heterocycles. The fourth-order valence-corrected chi connectivity index (χ4v) is 3.66. The van der Waals surface area contributed by atoms with Crippen molar-refractivity contribution in [3.63, 3.8) is 0 Å². The van der Waals surface area contributed by atoms with Gasteiger partial charge < -0.3 is 9.64 Å². The third-order valence-electron chi connectivity index (χ3n) is 4.21. The zero-order valence-electron chi connectivity index (χ0n) is 15.7. The molecule has 1 heterocycles. The second-order valence-corrected chi connectivity index (χ2v) is 6.95. The molecule has 3 rings (SSSR count). The highest BCUT2D eigenvalue weighted by Gasteiger charge is 2.10. The standard InChI is InChI=1S/C21H22N4OS/c1-5-7-15(3)25(6-2)17-10-8-16(9-11-17)23-24-21-22-19-13-12-18(26-4)14-20(19)27-21/h7-15H,1,6H2,2-4H3. The SMILES string of the molecule is C=C=CC(C)N(CC)c1ccc(N=Nc2nc3ccc(OC)cc3s2)cc1. The Balaban J connectivity index is 1.76. The number of fused-ring (bicyclic) bond motifs is 1. The second-order valence-electron chi connectivity index (χ2n) is 5.94. The van der Waals surface area contributed by atoms with E-state index in [2.05, 4.69) is 58.4 Å². The van der Waals surface area contributed by atoms with Gasteiger partial charge in [0.2, 0.25) is 5.13 Å². The Morgan fingerprint density at radius 3 is 2.70 bits per heavy atom. The van der Waals surface area contributed by atoms with Crippen LogP contribution in [-0.4, -0.2) is 24.7 Å². The number of rotatable bonds is 7. The van der Waals surface area contributed by atoms with Crippen molar-refractivity contribution in [2.24, 2.45) is 10.2 Å².